The summed E-state index contributed by atoms with van der Waals surface area (Å²) >= 11 is 1.43. The maximum absolute atomic E-state index is 12.5. The minimum atomic E-state index is -1.39. The molecule has 0 fully saturated rings. The number of rotatable bonds is 13. The average molecular weight is 494 g/mol. The number of carbonyl (C=O) groups is 4. The standard InChI is InChI=1S/C22H31N5O6S/c1-12(28)19(21(31)26-17(22(32)33)7-8-34-2)27-18(29)11-25-20(30)15(23)9-13-10-24-16-6-4-3-5-14(13)16/h3-6,10,12,15,17,19,24,28H,7-9,11,23H2,1-2H3,(H,25,30)(H,26,31)(H,27,29)(H,32,33). The number of benzene rings is 1. The van der Waals surface area contributed by atoms with Crippen molar-refractivity contribution < 1.29 is 29.4 Å². The van der Waals surface area contributed by atoms with Crippen LogP contribution in [0.4, 0.5) is 0 Å². The fourth-order valence-corrected chi connectivity index (χ4v) is 3.78. The van der Waals surface area contributed by atoms with Gasteiger partial charge in [0, 0.05) is 17.1 Å². The highest BCUT2D eigenvalue weighted by Crippen LogP contribution is 2.18. The number of amides is 3. The SMILES string of the molecule is CSCCC(NC(=O)C(NC(=O)CNC(=O)C(N)Cc1c[nH]c2ccccc12)C(C)O)C(=O)O. The third kappa shape index (κ3) is 7.75. The molecule has 2 rings (SSSR count). The quantitative estimate of drug-likeness (QED) is 0.192. The van der Waals surface area contributed by atoms with E-state index in [0.717, 1.165) is 16.5 Å². The molecule has 0 spiro atoms. The first-order valence-electron chi connectivity index (χ1n) is 10.7. The molecule has 3 amide bonds. The van der Waals surface area contributed by atoms with Gasteiger partial charge in [0.2, 0.25) is 17.7 Å². The van der Waals surface area contributed by atoms with Gasteiger partial charge >= 0.3 is 5.97 Å². The monoisotopic (exact) mass is 493 g/mol. The van der Waals surface area contributed by atoms with E-state index in [-0.39, 0.29) is 12.8 Å². The van der Waals surface area contributed by atoms with E-state index in [1.165, 1.54) is 18.7 Å². The van der Waals surface area contributed by atoms with Gasteiger partial charge in [-0.15, -0.1) is 0 Å². The molecule has 0 bridgehead atoms. The molecule has 0 saturated heterocycles. The Balaban J connectivity index is 1.88. The Labute approximate surface area is 201 Å². The van der Waals surface area contributed by atoms with Gasteiger partial charge in [-0.2, -0.15) is 11.8 Å². The van der Waals surface area contributed by atoms with Crippen LogP contribution in [-0.4, -0.2) is 81.7 Å². The molecule has 4 atom stereocenters. The second-order valence-electron chi connectivity index (χ2n) is 7.85. The zero-order valence-electron chi connectivity index (χ0n) is 19.0. The number of aliphatic hydroxyl groups is 1. The van der Waals surface area contributed by atoms with E-state index in [0.29, 0.717) is 5.75 Å². The van der Waals surface area contributed by atoms with Gasteiger partial charge in [0.1, 0.15) is 12.1 Å². The molecule has 1 heterocycles. The molecular weight excluding hydrogens is 462 g/mol. The number of carboxylic acid groups (broad SMARTS) is 1. The van der Waals surface area contributed by atoms with Gasteiger partial charge in [-0.25, -0.2) is 4.79 Å². The third-order valence-corrected chi connectivity index (χ3v) is 5.83. The number of hydrogen-bond acceptors (Lipinski definition) is 7. The van der Waals surface area contributed by atoms with Gasteiger partial charge < -0.3 is 36.9 Å². The number of nitrogens with one attached hydrogen (secondary N) is 4. The van der Waals surface area contributed by atoms with Crippen LogP contribution in [0.15, 0.2) is 30.5 Å². The summed E-state index contributed by atoms with van der Waals surface area (Å²) in [6.07, 6.45) is 2.73. The first kappa shape index (κ1) is 27.2. The summed E-state index contributed by atoms with van der Waals surface area (Å²) < 4.78 is 0. The van der Waals surface area contributed by atoms with Crippen LogP contribution in [0.5, 0.6) is 0 Å². The number of aromatic nitrogens is 1. The molecule has 12 heteroatoms. The minimum Gasteiger partial charge on any atom is -0.480 e. The number of H-pyrrole nitrogens is 1. The van der Waals surface area contributed by atoms with Gasteiger partial charge in [0.15, 0.2) is 0 Å². The van der Waals surface area contributed by atoms with Gasteiger partial charge in [0.25, 0.3) is 0 Å². The van der Waals surface area contributed by atoms with Crippen molar-refractivity contribution in [2.75, 3.05) is 18.6 Å². The van der Waals surface area contributed by atoms with Crippen LogP contribution >= 0.6 is 11.8 Å². The maximum atomic E-state index is 12.5. The number of aliphatic carboxylic acids is 1. The minimum absolute atomic E-state index is 0.188. The summed E-state index contributed by atoms with van der Waals surface area (Å²) in [4.78, 5) is 51.6. The van der Waals surface area contributed by atoms with Gasteiger partial charge in [0.05, 0.1) is 18.7 Å². The number of hydrogen-bond donors (Lipinski definition) is 7. The molecule has 2 aromatic rings. The Kier molecular flexibility index (Phi) is 10.4. The first-order valence-corrected chi connectivity index (χ1v) is 12.1. The maximum Gasteiger partial charge on any atom is 0.326 e. The molecule has 8 N–H and O–H groups in total. The number of carboxylic acids is 1. The summed E-state index contributed by atoms with van der Waals surface area (Å²) in [5, 5.41) is 27.2. The highest BCUT2D eigenvalue weighted by Gasteiger charge is 2.29. The van der Waals surface area contributed by atoms with Gasteiger partial charge in [-0.1, -0.05) is 18.2 Å². The zero-order valence-corrected chi connectivity index (χ0v) is 19.9. The third-order valence-electron chi connectivity index (χ3n) is 5.18. The lowest BCUT2D eigenvalue weighted by Crippen LogP contribution is -2.57. The van der Waals surface area contributed by atoms with Crippen molar-refractivity contribution in [3.63, 3.8) is 0 Å². The summed E-state index contributed by atoms with van der Waals surface area (Å²) in [7, 11) is 0. The molecule has 0 saturated carbocycles. The summed E-state index contributed by atoms with van der Waals surface area (Å²) in [6, 6.07) is 4.14. The molecule has 0 aliphatic heterocycles. The van der Waals surface area contributed by atoms with Gasteiger partial charge in [-0.3, -0.25) is 14.4 Å². The van der Waals surface area contributed by atoms with Crippen molar-refractivity contribution in [2.45, 2.75) is 44.0 Å². The van der Waals surface area contributed by atoms with E-state index in [9.17, 15) is 29.4 Å². The smallest absolute Gasteiger partial charge is 0.326 e. The molecule has 0 radical (unpaired) electrons. The lowest BCUT2D eigenvalue weighted by Gasteiger charge is -2.23. The predicted molar refractivity (Wildman–Crippen MR) is 129 cm³/mol. The van der Waals surface area contributed by atoms with Crippen LogP contribution < -0.4 is 21.7 Å². The number of thioether (sulfide) groups is 1. The Morgan fingerprint density at radius 3 is 2.50 bits per heavy atom. The summed E-state index contributed by atoms with van der Waals surface area (Å²) in [5.41, 5.74) is 7.77. The molecular formula is C22H31N5O6S. The number of nitrogens with two attached hydrogens (primary N) is 1. The second kappa shape index (κ2) is 13.0. The molecule has 1 aromatic carbocycles. The van der Waals surface area contributed by atoms with Crippen molar-refractivity contribution in [3.05, 3.63) is 36.0 Å². The largest absolute Gasteiger partial charge is 0.480 e. The summed E-state index contributed by atoms with van der Waals surface area (Å²) in [5.74, 6) is -2.83. The molecule has 186 valence electrons. The molecule has 0 aliphatic rings. The van der Waals surface area contributed by atoms with Crippen molar-refractivity contribution >= 4 is 46.4 Å². The zero-order chi connectivity index (χ0) is 25.3. The predicted octanol–water partition coefficient (Wildman–Crippen LogP) is -0.658. The van der Waals surface area contributed by atoms with Crippen LogP contribution in [-0.2, 0) is 25.6 Å². The summed E-state index contributed by atoms with van der Waals surface area (Å²) in [6.45, 7) is 0.823. The normalized spacial score (nSPS) is 14.6. The van der Waals surface area contributed by atoms with Gasteiger partial charge in [-0.05, 0) is 43.4 Å². The highest BCUT2D eigenvalue weighted by molar-refractivity contribution is 7.98. The second-order valence-corrected chi connectivity index (χ2v) is 8.84. The van der Waals surface area contributed by atoms with Crippen molar-refractivity contribution in [2.24, 2.45) is 5.73 Å². The lowest BCUT2D eigenvalue weighted by atomic mass is 10.1. The Hall–Kier alpha value is -3.09. The van der Waals surface area contributed by atoms with Crippen molar-refractivity contribution in [1.29, 1.82) is 0 Å². The van der Waals surface area contributed by atoms with Crippen molar-refractivity contribution in [1.82, 2.24) is 20.9 Å². The van der Waals surface area contributed by atoms with Crippen LogP contribution in [0.1, 0.15) is 18.9 Å². The van der Waals surface area contributed by atoms with Crippen molar-refractivity contribution in [3.8, 4) is 0 Å². The Morgan fingerprint density at radius 2 is 1.85 bits per heavy atom. The van der Waals surface area contributed by atoms with Crippen LogP contribution in [0.3, 0.4) is 0 Å². The number of aliphatic hydroxyl groups excluding tert-OH is 1. The van der Waals surface area contributed by atoms with Crippen LogP contribution in [0.25, 0.3) is 10.9 Å². The van der Waals surface area contributed by atoms with Crippen LogP contribution in [0, 0.1) is 0 Å². The molecule has 34 heavy (non-hydrogen) atoms. The number of aromatic amines is 1. The Bertz CT molecular complexity index is 1010. The molecule has 1 aromatic heterocycles. The number of fused-ring (bicyclic) bond motifs is 1. The lowest BCUT2D eigenvalue weighted by molar-refractivity contribution is -0.143. The number of carbonyl (C=O) groups excluding carboxylic acids is 3. The van der Waals surface area contributed by atoms with E-state index in [4.69, 9.17) is 5.73 Å². The fraction of sp³-hybridized carbons (Fsp3) is 0.455. The molecule has 0 aliphatic carbocycles. The first-order chi connectivity index (χ1) is 16.1. The topological polar surface area (TPSA) is 187 Å². The van der Waals surface area contributed by atoms with Crippen LogP contribution in [0.2, 0.25) is 0 Å². The highest BCUT2D eigenvalue weighted by atomic mass is 32.2. The number of para-hydroxylation sites is 1. The van der Waals surface area contributed by atoms with E-state index in [1.54, 1.807) is 12.5 Å². The Morgan fingerprint density at radius 1 is 1.15 bits per heavy atom. The fourth-order valence-electron chi connectivity index (χ4n) is 3.31. The van der Waals surface area contributed by atoms with E-state index in [1.807, 2.05) is 24.3 Å². The molecule has 11 nitrogen and oxygen atoms in total. The molecule has 4 unspecified atom stereocenters. The van der Waals surface area contributed by atoms with E-state index < -0.39 is 54.5 Å². The average Bonchev–Trinajstić information content (AvgIpc) is 3.20. The van der Waals surface area contributed by atoms with E-state index in [2.05, 4.69) is 20.9 Å². The van der Waals surface area contributed by atoms with E-state index >= 15 is 0 Å².